The second-order valence-corrected chi connectivity index (χ2v) is 5.74. The summed E-state index contributed by atoms with van der Waals surface area (Å²) in [7, 11) is 0. The van der Waals surface area contributed by atoms with Crippen molar-refractivity contribution in [1.29, 1.82) is 0 Å². The average molecular weight is 201 g/mol. The molecule has 4 rings (SSSR count). The summed E-state index contributed by atoms with van der Waals surface area (Å²) in [5.41, 5.74) is 13.4. The highest BCUT2D eigenvalue weighted by Crippen LogP contribution is 2.66. The molecule has 0 aromatic rings. The van der Waals surface area contributed by atoms with Crippen LogP contribution in [0.25, 0.3) is 0 Å². The van der Waals surface area contributed by atoms with Crippen LogP contribution < -0.4 is 5.73 Å². The second kappa shape index (κ2) is 2.58. The Hall–Kier alpha value is -0.980. The molecule has 2 unspecified atom stereocenters. The van der Waals surface area contributed by atoms with Crippen molar-refractivity contribution < 1.29 is 0 Å². The van der Waals surface area contributed by atoms with Gasteiger partial charge in [0.05, 0.1) is 0 Å². The summed E-state index contributed by atoms with van der Waals surface area (Å²) < 4.78 is 0. The van der Waals surface area contributed by atoms with Crippen LogP contribution in [0.2, 0.25) is 0 Å². The van der Waals surface area contributed by atoms with E-state index in [9.17, 15) is 0 Å². The van der Waals surface area contributed by atoms with Crippen LogP contribution in [0, 0.1) is 23.7 Å². The second-order valence-electron chi connectivity index (χ2n) is 5.74. The van der Waals surface area contributed by atoms with Gasteiger partial charge in [0.15, 0.2) is 0 Å². The number of allylic oxidation sites excluding steroid dienone is 5. The molecule has 0 fully saturated rings. The zero-order chi connectivity index (χ0) is 10.9. The Bertz CT molecular complexity index is 432. The molecule has 1 heteroatoms. The fraction of sp³-hybridized carbons (Fsp3) is 0.571. The molecule has 0 aromatic carbocycles. The van der Waals surface area contributed by atoms with Crippen molar-refractivity contribution >= 4 is 0 Å². The van der Waals surface area contributed by atoms with Crippen LogP contribution in [-0.4, -0.2) is 0 Å². The van der Waals surface area contributed by atoms with Gasteiger partial charge in [-0.1, -0.05) is 27.7 Å². The van der Waals surface area contributed by atoms with E-state index in [4.69, 9.17) is 5.73 Å². The molecule has 15 heavy (non-hydrogen) atoms. The van der Waals surface area contributed by atoms with Gasteiger partial charge in [-0.25, -0.2) is 0 Å². The van der Waals surface area contributed by atoms with Crippen molar-refractivity contribution in [2.45, 2.75) is 27.7 Å². The molecule has 80 valence electrons. The van der Waals surface area contributed by atoms with Crippen molar-refractivity contribution in [2.24, 2.45) is 29.4 Å². The van der Waals surface area contributed by atoms with Crippen LogP contribution in [0.3, 0.4) is 0 Å². The number of rotatable bonds is 2. The molecule has 4 aliphatic rings. The third-order valence-corrected chi connectivity index (χ3v) is 4.11. The van der Waals surface area contributed by atoms with E-state index < -0.39 is 0 Å². The molecule has 0 spiro atoms. The van der Waals surface area contributed by atoms with Gasteiger partial charge in [0.2, 0.25) is 0 Å². The summed E-state index contributed by atoms with van der Waals surface area (Å²) in [4.78, 5) is 0. The Morgan fingerprint density at radius 1 is 0.933 bits per heavy atom. The van der Waals surface area contributed by atoms with E-state index in [1.165, 1.54) is 5.57 Å². The normalized spacial score (nSPS) is 32.0. The fourth-order valence-corrected chi connectivity index (χ4v) is 3.57. The number of fused-ring (bicyclic) bond motifs is 1. The van der Waals surface area contributed by atoms with Crippen molar-refractivity contribution in [2.75, 3.05) is 0 Å². The molecule has 0 aliphatic heterocycles. The van der Waals surface area contributed by atoms with E-state index in [0.717, 1.165) is 11.6 Å². The Morgan fingerprint density at radius 3 is 2.00 bits per heavy atom. The summed E-state index contributed by atoms with van der Waals surface area (Å²) in [6.45, 7) is 9.22. The minimum atomic E-state index is 0.662. The molecule has 0 saturated carbocycles. The predicted octanol–water partition coefficient (Wildman–Crippen LogP) is 3.01. The summed E-state index contributed by atoms with van der Waals surface area (Å²) in [5, 5.41) is 0. The maximum Gasteiger partial charge on any atom is 0.0359 e. The van der Waals surface area contributed by atoms with E-state index in [0.29, 0.717) is 17.8 Å². The first kappa shape index (κ1) is 9.26. The highest BCUT2D eigenvalue weighted by atomic mass is 14.7. The van der Waals surface area contributed by atoms with Gasteiger partial charge in [0.1, 0.15) is 0 Å². The van der Waals surface area contributed by atoms with E-state index >= 15 is 0 Å². The first-order chi connectivity index (χ1) is 7.04. The molecule has 1 nitrogen and oxygen atoms in total. The summed E-state index contributed by atoms with van der Waals surface area (Å²) >= 11 is 0. The third-order valence-electron chi connectivity index (χ3n) is 4.11. The lowest BCUT2D eigenvalue weighted by molar-refractivity contribution is 0.356. The van der Waals surface area contributed by atoms with Crippen molar-refractivity contribution in [1.82, 2.24) is 0 Å². The standard InChI is InChI=1S/C14H19N/c1-6(2)10-8-5-9(15)13-11(7(3)4)12(8)14(10)13/h5-7,10-11H,15H2,1-4H3. The van der Waals surface area contributed by atoms with E-state index in [1.54, 1.807) is 16.7 Å². The van der Waals surface area contributed by atoms with Crippen LogP contribution >= 0.6 is 0 Å². The molecular weight excluding hydrogens is 182 g/mol. The predicted molar refractivity (Wildman–Crippen MR) is 63.0 cm³/mol. The van der Waals surface area contributed by atoms with Gasteiger partial charge in [0, 0.05) is 17.5 Å². The first-order valence-corrected chi connectivity index (χ1v) is 6.00. The average Bonchev–Trinajstić information content (AvgIpc) is 2.09. The molecule has 2 atom stereocenters. The van der Waals surface area contributed by atoms with Gasteiger partial charge < -0.3 is 5.73 Å². The highest BCUT2D eigenvalue weighted by molar-refractivity contribution is 5.78. The zero-order valence-corrected chi connectivity index (χ0v) is 9.96. The third kappa shape index (κ3) is 0.854. The maximum atomic E-state index is 6.10. The smallest absolute Gasteiger partial charge is 0.0359 e. The number of nitrogens with two attached hydrogens (primary N) is 1. The number of hydrogen-bond donors (Lipinski definition) is 1. The van der Waals surface area contributed by atoms with Gasteiger partial charge in [0.25, 0.3) is 0 Å². The summed E-state index contributed by atoms with van der Waals surface area (Å²) in [6.07, 6.45) is 2.22. The SMILES string of the molecule is CC(C)C1C2=CC(N)=C3C1=C2C3C(C)C. The Labute approximate surface area is 91.7 Å². The van der Waals surface area contributed by atoms with Crippen LogP contribution in [0.1, 0.15) is 27.7 Å². The van der Waals surface area contributed by atoms with Gasteiger partial charge in [-0.05, 0) is 40.2 Å². The largest absolute Gasteiger partial charge is 0.398 e. The van der Waals surface area contributed by atoms with Crippen molar-refractivity contribution in [3.05, 3.63) is 34.1 Å². The lowest BCUT2D eigenvalue weighted by Gasteiger charge is -2.57. The molecule has 4 aliphatic carbocycles. The minimum Gasteiger partial charge on any atom is -0.398 e. The molecule has 0 amide bonds. The van der Waals surface area contributed by atoms with E-state index in [2.05, 4.69) is 33.8 Å². The Balaban J connectivity index is 2.06. The molecule has 0 saturated heterocycles. The van der Waals surface area contributed by atoms with Gasteiger partial charge in [-0.2, -0.15) is 0 Å². The molecule has 2 N–H and O–H groups in total. The lowest BCUT2D eigenvalue weighted by Crippen LogP contribution is -2.47. The van der Waals surface area contributed by atoms with Crippen LogP contribution in [-0.2, 0) is 0 Å². The molecule has 0 radical (unpaired) electrons. The lowest BCUT2D eigenvalue weighted by atomic mass is 9.46. The van der Waals surface area contributed by atoms with Crippen LogP contribution in [0.4, 0.5) is 0 Å². The van der Waals surface area contributed by atoms with E-state index in [1.807, 2.05) is 0 Å². The monoisotopic (exact) mass is 201 g/mol. The maximum absolute atomic E-state index is 6.10. The number of hydrogen-bond acceptors (Lipinski definition) is 1. The highest BCUT2D eigenvalue weighted by Gasteiger charge is 2.54. The Morgan fingerprint density at radius 2 is 1.53 bits per heavy atom. The van der Waals surface area contributed by atoms with Gasteiger partial charge in [-0.3, -0.25) is 0 Å². The summed E-state index contributed by atoms with van der Waals surface area (Å²) in [6, 6.07) is 0. The fourth-order valence-electron chi connectivity index (χ4n) is 3.57. The topological polar surface area (TPSA) is 26.0 Å². The quantitative estimate of drug-likeness (QED) is 0.730. The minimum absolute atomic E-state index is 0.662. The Kier molecular flexibility index (Phi) is 1.59. The first-order valence-electron chi connectivity index (χ1n) is 6.00. The van der Waals surface area contributed by atoms with Gasteiger partial charge in [-0.15, -0.1) is 0 Å². The molecule has 4 bridgehead atoms. The zero-order valence-electron chi connectivity index (χ0n) is 9.96. The van der Waals surface area contributed by atoms with E-state index in [-0.39, 0.29) is 0 Å². The van der Waals surface area contributed by atoms with Crippen LogP contribution in [0.15, 0.2) is 34.1 Å². The molecule has 0 heterocycles. The molecular formula is C14H19N. The van der Waals surface area contributed by atoms with Gasteiger partial charge >= 0.3 is 0 Å². The van der Waals surface area contributed by atoms with Crippen molar-refractivity contribution in [3.8, 4) is 0 Å². The summed E-state index contributed by atoms with van der Waals surface area (Å²) in [5.74, 6) is 2.80. The van der Waals surface area contributed by atoms with Crippen LogP contribution in [0.5, 0.6) is 0 Å². The van der Waals surface area contributed by atoms with Crippen molar-refractivity contribution in [3.63, 3.8) is 0 Å². The molecule has 0 aromatic heterocycles.